The molecule has 2 aliphatic rings. The Hall–Kier alpha value is -3.28. The molecule has 0 radical (unpaired) electrons. The average Bonchev–Trinajstić information content (AvgIpc) is 3.09. The summed E-state index contributed by atoms with van der Waals surface area (Å²) in [5.74, 6) is -1.61. The van der Waals surface area contributed by atoms with Crippen LogP contribution in [0.4, 0.5) is 5.69 Å². The van der Waals surface area contributed by atoms with Crippen molar-refractivity contribution in [3.05, 3.63) is 53.6 Å². The van der Waals surface area contributed by atoms with Crippen LogP contribution in [0.1, 0.15) is 27.6 Å². The maximum Gasteiger partial charge on any atom is 0.262 e. The minimum absolute atomic E-state index is 0.0990. The lowest BCUT2D eigenvalue weighted by Crippen LogP contribution is -2.45. The second-order valence-corrected chi connectivity index (χ2v) is 9.48. The molecule has 1 saturated heterocycles. The third-order valence-electron chi connectivity index (χ3n) is 5.61. The van der Waals surface area contributed by atoms with Crippen LogP contribution in [-0.4, -0.2) is 74.8 Å². The van der Waals surface area contributed by atoms with Gasteiger partial charge in [0, 0.05) is 18.8 Å². The highest BCUT2D eigenvalue weighted by atomic mass is 32.2. The fourth-order valence-electron chi connectivity index (χ4n) is 3.81. The molecule has 0 spiro atoms. The van der Waals surface area contributed by atoms with E-state index in [1.54, 1.807) is 12.1 Å². The number of imide groups is 1. The van der Waals surface area contributed by atoms with Crippen LogP contribution in [0.2, 0.25) is 0 Å². The van der Waals surface area contributed by atoms with E-state index in [1.807, 2.05) is 0 Å². The molecule has 1 fully saturated rings. The number of ether oxygens (including phenoxy) is 2. The highest BCUT2D eigenvalue weighted by Crippen LogP contribution is 2.31. The van der Waals surface area contributed by atoms with E-state index in [1.165, 1.54) is 48.7 Å². The molecular formula is C22H23N3O7S. The number of morpholine rings is 1. The van der Waals surface area contributed by atoms with Crippen molar-refractivity contribution in [3.63, 3.8) is 0 Å². The quantitative estimate of drug-likeness (QED) is 0.628. The van der Waals surface area contributed by atoms with E-state index in [4.69, 9.17) is 9.47 Å². The van der Waals surface area contributed by atoms with Crippen molar-refractivity contribution in [3.8, 4) is 5.75 Å². The maximum absolute atomic E-state index is 13.1. The summed E-state index contributed by atoms with van der Waals surface area (Å²) in [5.41, 5.74) is 0.673. The van der Waals surface area contributed by atoms with Gasteiger partial charge in [-0.3, -0.25) is 19.3 Å². The van der Waals surface area contributed by atoms with Crippen LogP contribution in [0.25, 0.3) is 0 Å². The average molecular weight is 474 g/mol. The number of carbonyl (C=O) groups excluding carboxylic acids is 3. The summed E-state index contributed by atoms with van der Waals surface area (Å²) < 4.78 is 38.0. The predicted octanol–water partition coefficient (Wildman–Crippen LogP) is 1.34. The Morgan fingerprint density at radius 3 is 2.24 bits per heavy atom. The molecule has 1 N–H and O–H groups in total. The highest BCUT2D eigenvalue weighted by Gasteiger charge is 2.40. The van der Waals surface area contributed by atoms with Crippen LogP contribution in [0.15, 0.2) is 47.4 Å². The molecule has 0 unspecified atom stereocenters. The number of rotatable bonds is 6. The van der Waals surface area contributed by atoms with E-state index in [0.717, 1.165) is 4.90 Å². The van der Waals surface area contributed by atoms with E-state index >= 15 is 0 Å². The zero-order valence-electron chi connectivity index (χ0n) is 18.1. The minimum atomic E-state index is -3.89. The van der Waals surface area contributed by atoms with Gasteiger partial charge >= 0.3 is 0 Å². The summed E-state index contributed by atoms with van der Waals surface area (Å²) in [6, 6.07) is 9.48. The third-order valence-corrected chi connectivity index (χ3v) is 7.53. The zero-order valence-corrected chi connectivity index (χ0v) is 18.9. The number of benzene rings is 2. The van der Waals surface area contributed by atoms with Gasteiger partial charge in [0.05, 0.1) is 31.5 Å². The Balaban J connectivity index is 1.57. The molecule has 2 aromatic rings. The van der Waals surface area contributed by atoms with Crippen molar-refractivity contribution < 1.29 is 32.3 Å². The first-order valence-corrected chi connectivity index (χ1v) is 11.7. The number of nitrogens with zero attached hydrogens (tertiary/aromatic N) is 2. The topological polar surface area (TPSA) is 122 Å². The second kappa shape index (κ2) is 8.93. The number of carbonyl (C=O) groups is 3. The molecule has 11 heteroatoms. The normalized spacial score (nSPS) is 17.6. The first-order valence-electron chi connectivity index (χ1n) is 10.3. The number of amides is 3. The summed E-state index contributed by atoms with van der Waals surface area (Å²) >= 11 is 0. The minimum Gasteiger partial charge on any atom is -0.495 e. The van der Waals surface area contributed by atoms with Crippen molar-refractivity contribution in [2.45, 2.75) is 17.9 Å². The van der Waals surface area contributed by atoms with Gasteiger partial charge in [0.2, 0.25) is 15.9 Å². The molecule has 10 nitrogen and oxygen atoms in total. The molecule has 1 atom stereocenters. The zero-order chi connectivity index (χ0) is 23.8. The Morgan fingerprint density at radius 1 is 1.06 bits per heavy atom. The van der Waals surface area contributed by atoms with Gasteiger partial charge in [0.15, 0.2) is 0 Å². The Bertz CT molecular complexity index is 1190. The van der Waals surface area contributed by atoms with Crippen molar-refractivity contribution in [1.82, 2.24) is 9.21 Å². The largest absolute Gasteiger partial charge is 0.495 e. The van der Waals surface area contributed by atoms with E-state index in [-0.39, 0.29) is 53.8 Å². The number of anilines is 1. The number of sulfonamides is 1. The van der Waals surface area contributed by atoms with Gasteiger partial charge in [0.25, 0.3) is 11.8 Å². The number of hydrogen-bond donors (Lipinski definition) is 1. The summed E-state index contributed by atoms with van der Waals surface area (Å²) in [6.45, 7) is 2.43. The lowest BCUT2D eigenvalue weighted by molar-refractivity contribution is -0.119. The van der Waals surface area contributed by atoms with Gasteiger partial charge in [0.1, 0.15) is 16.7 Å². The van der Waals surface area contributed by atoms with Crippen LogP contribution < -0.4 is 10.1 Å². The molecule has 0 bridgehead atoms. The Morgan fingerprint density at radius 2 is 1.67 bits per heavy atom. The van der Waals surface area contributed by atoms with Crippen LogP contribution in [-0.2, 0) is 19.6 Å². The van der Waals surface area contributed by atoms with Gasteiger partial charge in [-0.2, -0.15) is 4.31 Å². The van der Waals surface area contributed by atoms with Crippen LogP contribution in [0.3, 0.4) is 0 Å². The lowest BCUT2D eigenvalue weighted by atomic mass is 10.1. The van der Waals surface area contributed by atoms with E-state index in [2.05, 4.69) is 5.32 Å². The van der Waals surface area contributed by atoms with Crippen molar-refractivity contribution >= 4 is 33.4 Å². The van der Waals surface area contributed by atoms with Gasteiger partial charge < -0.3 is 14.8 Å². The Kier molecular flexibility index (Phi) is 6.19. The summed E-state index contributed by atoms with van der Waals surface area (Å²) in [5, 5.41) is 2.60. The van der Waals surface area contributed by atoms with Gasteiger partial charge in [-0.25, -0.2) is 8.42 Å². The Labute approximate surface area is 191 Å². The van der Waals surface area contributed by atoms with E-state index < -0.39 is 33.8 Å². The van der Waals surface area contributed by atoms with E-state index in [9.17, 15) is 22.8 Å². The molecule has 4 rings (SSSR count). The van der Waals surface area contributed by atoms with Crippen molar-refractivity contribution in [2.24, 2.45) is 0 Å². The summed E-state index contributed by atoms with van der Waals surface area (Å²) in [4.78, 5) is 39.0. The number of nitrogens with one attached hydrogen (secondary N) is 1. The van der Waals surface area contributed by atoms with Crippen molar-refractivity contribution in [1.29, 1.82) is 0 Å². The number of methoxy groups -OCH3 is 1. The predicted molar refractivity (Wildman–Crippen MR) is 118 cm³/mol. The number of fused-ring (bicyclic) bond motifs is 1. The standard InChI is InChI=1S/C22H23N3O7S/c1-14(25-21(27)16-5-3-4-6-17(16)22(25)28)20(26)23-15-7-8-18(31-2)19(13-15)33(29,30)24-9-11-32-12-10-24/h3-8,13-14H,9-12H2,1-2H3,(H,23,26)/t14-/m0/s1. The maximum atomic E-state index is 13.1. The SMILES string of the molecule is COc1ccc(NC(=O)[C@H](C)N2C(=O)c3ccccc3C2=O)cc1S(=O)(=O)N1CCOCC1. The molecule has 0 aromatic heterocycles. The van der Waals surface area contributed by atoms with Crippen LogP contribution >= 0.6 is 0 Å². The van der Waals surface area contributed by atoms with Gasteiger partial charge in [-0.15, -0.1) is 0 Å². The molecule has 2 aromatic carbocycles. The monoisotopic (exact) mass is 473 g/mol. The molecule has 2 heterocycles. The third kappa shape index (κ3) is 4.10. The molecule has 33 heavy (non-hydrogen) atoms. The van der Waals surface area contributed by atoms with Gasteiger partial charge in [-0.1, -0.05) is 12.1 Å². The second-order valence-electron chi connectivity index (χ2n) is 7.57. The molecule has 174 valence electrons. The summed E-state index contributed by atoms with van der Waals surface area (Å²) in [7, 11) is -2.54. The fourth-order valence-corrected chi connectivity index (χ4v) is 5.40. The lowest BCUT2D eigenvalue weighted by Gasteiger charge is -2.27. The number of hydrogen-bond acceptors (Lipinski definition) is 7. The highest BCUT2D eigenvalue weighted by molar-refractivity contribution is 7.89. The summed E-state index contributed by atoms with van der Waals surface area (Å²) in [6.07, 6.45) is 0. The molecule has 2 aliphatic heterocycles. The van der Waals surface area contributed by atoms with Crippen molar-refractivity contribution in [2.75, 3.05) is 38.7 Å². The molecule has 0 saturated carbocycles. The first kappa shape index (κ1) is 22.9. The molecule has 3 amide bonds. The van der Waals surface area contributed by atoms with Crippen LogP contribution in [0.5, 0.6) is 5.75 Å². The first-order chi connectivity index (χ1) is 15.8. The molecule has 0 aliphatic carbocycles. The van der Waals surface area contributed by atoms with Crippen LogP contribution in [0, 0.1) is 0 Å². The smallest absolute Gasteiger partial charge is 0.262 e. The molecular weight excluding hydrogens is 450 g/mol. The van der Waals surface area contributed by atoms with Gasteiger partial charge in [-0.05, 0) is 37.3 Å². The fraction of sp³-hybridized carbons (Fsp3) is 0.318. The van der Waals surface area contributed by atoms with E-state index in [0.29, 0.717) is 0 Å².